The van der Waals surface area contributed by atoms with E-state index in [0.717, 1.165) is 31.8 Å². The standard InChI is InChI=1S/C24H34N2O.C6H8O7/c1-26(2)23(18-8-4-3-5-9-18)13-15-24(16-14-23)22-20(12-17-27-24)19-10-6-7-11-21(19)25-22;7-3(8)1-6(13,5(11)12)2-4(9)10/h6-7,10-11,18,25H,3-5,8-9,12-17H2,1-2H3;13H,1-2H2,(H,7,8)(H,9,10)(H,11,12). The van der Waals surface area contributed by atoms with E-state index in [9.17, 15) is 14.4 Å². The molecule has 0 radical (unpaired) electrons. The van der Waals surface area contributed by atoms with E-state index in [-0.39, 0.29) is 5.60 Å². The first-order chi connectivity index (χ1) is 18.9. The van der Waals surface area contributed by atoms with Crippen molar-refractivity contribution >= 4 is 28.8 Å². The van der Waals surface area contributed by atoms with Crippen LogP contribution in [0.15, 0.2) is 24.3 Å². The number of ether oxygens (including phenoxy) is 1. The molecule has 2 aliphatic carbocycles. The highest BCUT2D eigenvalue weighted by Gasteiger charge is 2.51. The van der Waals surface area contributed by atoms with Crippen LogP contribution in [0, 0.1) is 5.92 Å². The number of carboxylic acids is 3. The monoisotopic (exact) mass is 558 g/mol. The summed E-state index contributed by atoms with van der Waals surface area (Å²) in [7, 11) is 4.64. The maximum absolute atomic E-state index is 10.3. The van der Waals surface area contributed by atoms with E-state index in [2.05, 4.69) is 48.2 Å². The van der Waals surface area contributed by atoms with Crippen molar-refractivity contribution in [1.29, 1.82) is 0 Å². The lowest BCUT2D eigenvalue weighted by Gasteiger charge is -2.54. The SMILES string of the molecule is CN(C)C1(C2CCCCC2)CCC2(CC1)OCCc1c2[nH]c2ccccc12.O=C(O)CC(O)(CC(=O)O)C(=O)O. The maximum Gasteiger partial charge on any atom is 0.336 e. The molecule has 0 amide bonds. The first-order valence-corrected chi connectivity index (χ1v) is 14.2. The fraction of sp³-hybridized carbons (Fsp3) is 0.633. The summed E-state index contributed by atoms with van der Waals surface area (Å²) in [6.45, 7) is 0.868. The van der Waals surface area contributed by atoms with Gasteiger partial charge in [-0.05, 0) is 76.6 Å². The molecule has 5 N–H and O–H groups in total. The molecule has 1 aromatic carbocycles. The lowest BCUT2D eigenvalue weighted by Crippen LogP contribution is -2.56. The molecule has 10 nitrogen and oxygen atoms in total. The second-order valence-corrected chi connectivity index (χ2v) is 11.9. The maximum atomic E-state index is 10.3. The zero-order valence-corrected chi connectivity index (χ0v) is 23.4. The largest absolute Gasteiger partial charge is 0.481 e. The van der Waals surface area contributed by atoms with Gasteiger partial charge in [-0.25, -0.2) is 4.79 Å². The first kappa shape index (κ1) is 30.0. The Bertz CT molecular complexity index is 1210. The van der Waals surface area contributed by atoms with Crippen LogP contribution >= 0.6 is 0 Å². The number of hydrogen-bond acceptors (Lipinski definition) is 6. The van der Waals surface area contributed by atoms with Crippen LogP contribution in [0.1, 0.15) is 81.9 Å². The van der Waals surface area contributed by atoms with E-state index in [1.165, 1.54) is 67.1 Å². The molecule has 0 unspecified atom stereocenters. The number of aromatic nitrogens is 1. The molecule has 5 rings (SSSR count). The predicted octanol–water partition coefficient (Wildman–Crippen LogP) is 4.14. The van der Waals surface area contributed by atoms with Crippen molar-refractivity contribution in [2.75, 3.05) is 20.7 Å². The van der Waals surface area contributed by atoms with Gasteiger partial charge in [0.05, 0.1) is 25.1 Å². The highest BCUT2D eigenvalue weighted by atomic mass is 16.5. The lowest BCUT2D eigenvalue weighted by molar-refractivity contribution is -0.170. The van der Waals surface area contributed by atoms with Gasteiger partial charge in [-0.2, -0.15) is 0 Å². The molecule has 220 valence electrons. The fourth-order valence-corrected chi connectivity index (χ4v) is 7.32. The van der Waals surface area contributed by atoms with Crippen molar-refractivity contribution in [2.24, 2.45) is 5.92 Å². The molecule has 2 aromatic rings. The number of aliphatic hydroxyl groups is 1. The summed E-state index contributed by atoms with van der Waals surface area (Å²) in [5.41, 5.74) is 1.75. The molecule has 2 saturated carbocycles. The number of H-pyrrole nitrogens is 1. The van der Waals surface area contributed by atoms with Gasteiger partial charge in [-0.3, -0.25) is 9.59 Å². The van der Waals surface area contributed by atoms with Crippen LogP contribution in [-0.2, 0) is 31.1 Å². The Labute approximate surface area is 234 Å². The smallest absolute Gasteiger partial charge is 0.336 e. The number of fused-ring (bicyclic) bond motifs is 4. The highest BCUT2D eigenvalue weighted by Crippen LogP contribution is 2.53. The third-order valence-corrected chi connectivity index (χ3v) is 9.46. The van der Waals surface area contributed by atoms with E-state index in [1.54, 1.807) is 0 Å². The summed E-state index contributed by atoms with van der Waals surface area (Å²) in [5, 5.41) is 35.2. The Morgan fingerprint density at radius 3 is 2.12 bits per heavy atom. The number of carbonyl (C=O) groups is 3. The number of rotatable bonds is 7. The summed E-state index contributed by atoms with van der Waals surface area (Å²) < 4.78 is 6.57. The topological polar surface area (TPSA) is 160 Å². The second kappa shape index (κ2) is 11.9. The Balaban J connectivity index is 0.000000243. The van der Waals surface area contributed by atoms with E-state index in [0.29, 0.717) is 5.54 Å². The molecule has 0 saturated heterocycles. The molecule has 1 spiro atoms. The zero-order valence-electron chi connectivity index (χ0n) is 23.4. The molecule has 1 aromatic heterocycles. The van der Waals surface area contributed by atoms with Gasteiger partial charge in [0, 0.05) is 16.4 Å². The quantitative estimate of drug-likeness (QED) is 0.336. The van der Waals surface area contributed by atoms with Gasteiger partial charge in [-0.15, -0.1) is 0 Å². The van der Waals surface area contributed by atoms with Crippen molar-refractivity contribution < 1.29 is 39.5 Å². The minimum absolute atomic E-state index is 0.0826. The Morgan fingerprint density at radius 1 is 0.975 bits per heavy atom. The number of hydrogen-bond donors (Lipinski definition) is 5. The third-order valence-electron chi connectivity index (χ3n) is 9.46. The number of nitrogens with one attached hydrogen (secondary N) is 1. The molecular formula is C30H42N2O8. The summed E-state index contributed by atoms with van der Waals surface area (Å²) in [4.78, 5) is 36.8. The van der Waals surface area contributed by atoms with Gasteiger partial charge in [-0.1, -0.05) is 37.5 Å². The van der Waals surface area contributed by atoms with E-state index < -0.39 is 36.4 Å². The van der Waals surface area contributed by atoms with Gasteiger partial charge < -0.3 is 35.0 Å². The molecule has 0 atom stereocenters. The lowest BCUT2D eigenvalue weighted by atomic mass is 9.62. The summed E-state index contributed by atoms with van der Waals surface area (Å²) in [6, 6.07) is 8.80. The summed E-state index contributed by atoms with van der Waals surface area (Å²) in [6.07, 6.45) is 10.7. The summed E-state index contributed by atoms with van der Waals surface area (Å²) in [5.74, 6) is -4.15. The first-order valence-electron chi connectivity index (χ1n) is 14.2. The van der Waals surface area contributed by atoms with E-state index in [1.807, 2.05) is 0 Å². The van der Waals surface area contributed by atoms with Crippen molar-refractivity contribution in [3.05, 3.63) is 35.5 Å². The van der Waals surface area contributed by atoms with Crippen LogP contribution in [0.25, 0.3) is 10.9 Å². The fourth-order valence-electron chi connectivity index (χ4n) is 7.32. The number of aliphatic carboxylic acids is 3. The molecule has 3 aliphatic rings. The van der Waals surface area contributed by atoms with Gasteiger partial charge >= 0.3 is 17.9 Å². The number of carboxylic acid groups (broad SMARTS) is 3. The van der Waals surface area contributed by atoms with Crippen LogP contribution in [0.4, 0.5) is 0 Å². The van der Waals surface area contributed by atoms with Gasteiger partial charge in [0.2, 0.25) is 0 Å². The minimum atomic E-state index is -2.74. The molecule has 0 bridgehead atoms. The van der Waals surface area contributed by atoms with Gasteiger partial charge in [0.25, 0.3) is 0 Å². The number of benzene rings is 1. The highest BCUT2D eigenvalue weighted by molar-refractivity contribution is 5.88. The average Bonchev–Trinajstić information content (AvgIpc) is 3.29. The Kier molecular flexibility index (Phi) is 8.92. The van der Waals surface area contributed by atoms with E-state index in [4.69, 9.17) is 25.2 Å². The van der Waals surface area contributed by atoms with Crippen LogP contribution in [0.3, 0.4) is 0 Å². The number of nitrogens with zero attached hydrogens (tertiary/aromatic N) is 1. The van der Waals surface area contributed by atoms with Crippen molar-refractivity contribution in [1.82, 2.24) is 9.88 Å². The zero-order chi connectivity index (χ0) is 29.1. The van der Waals surface area contributed by atoms with Crippen molar-refractivity contribution in [3.63, 3.8) is 0 Å². The van der Waals surface area contributed by atoms with Gasteiger partial charge in [0.15, 0.2) is 5.60 Å². The third kappa shape index (κ3) is 5.89. The number of aromatic amines is 1. The van der Waals surface area contributed by atoms with Crippen molar-refractivity contribution in [3.8, 4) is 0 Å². The Hall–Kier alpha value is -2.95. The van der Waals surface area contributed by atoms with Crippen molar-refractivity contribution in [2.45, 2.75) is 93.8 Å². The molecule has 2 heterocycles. The molecular weight excluding hydrogens is 516 g/mol. The second-order valence-electron chi connectivity index (χ2n) is 11.9. The molecule has 40 heavy (non-hydrogen) atoms. The van der Waals surface area contributed by atoms with Gasteiger partial charge in [0.1, 0.15) is 5.60 Å². The number of para-hydroxylation sites is 1. The molecule has 10 heteroatoms. The van der Waals surface area contributed by atoms with Crippen LogP contribution in [0.2, 0.25) is 0 Å². The Morgan fingerprint density at radius 2 is 1.57 bits per heavy atom. The van der Waals surface area contributed by atoms with Crippen LogP contribution in [0.5, 0.6) is 0 Å². The minimum Gasteiger partial charge on any atom is -0.481 e. The predicted molar refractivity (Wildman–Crippen MR) is 148 cm³/mol. The molecule has 2 fully saturated rings. The average molecular weight is 559 g/mol. The normalized spacial score (nSPS) is 25.3. The van der Waals surface area contributed by atoms with Crippen LogP contribution in [-0.4, -0.2) is 80.1 Å². The summed E-state index contributed by atoms with van der Waals surface area (Å²) >= 11 is 0. The van der Waals surface area contributed by atoms with E-state index >= 15 is 0 Å². The van der Waals surface area contributed by atoms with Crippen LogP contribution < -0.4 is 0 Å². The molecule has 1 aliphatic heterocycles.